The highest BCUT2D eigenvalue weighted by Crippen LogP contribution is 2.26. The first-order valence-electron chi connectivity index (χ1n) is 6.98. The molecule has 0 amide bonds. The van der Waals surface area contributed by atoms with Crippen LogP contribution in [0, 0.1) is 0 Å². The minimum Gasteiger partial charge on any atom is -0.235 e. The smallest absolute Gasteiger partial charge is 0.152 e. The zero-order chi connectivity index (χ0) is 10.5. The van der Waals surface area contributed by atoms with Gasteiger partial charge in [0.1, 0.15) is 6.21 Å². The van der Waals surface area contributed by atoms with Crippen LogP contribution in [0.1, 0.15) is 71.1 Å². The van der Waals surface area contributed by atoms with Crippen molar-refractivity contribution in [1.29, 1.82) is 0 Å². The van der Waals surface area contributed by atoms with E-state index >= 15 is 0 Å². The van der Waals surface area contributed by atoms with Gasteiger partial charge in [-0.3, -0.25) is 0 Å². The van der Waals surface area contributed by atoms with Gasteiger partial charge in [-0.15, -0.1) is 0 Å². The van der Waals surface area contributed by atoms with E-state index in [0.29, 0.717) is 0 Å². The molecule has 0 saturated heterocycles. The molecule has 1 nitrogen and oxygen atoms in total. The summed E-state index contributed by atoms with van der Waals surface area (Å²) in [6.07, 6.45) is 16.9. The molecule has 0 bridgehead atoms. The Balaban J connectivity index is 1.95. The summed E-state index contributed by atoms with van der Waals surface area (Å²) in [5, 5.41) is 0. The van der Waals surface area contributed by atoms with Crippen LogP contribution in [0.15, 0.2) is 0 Å². The fraction of sp³-hybridized carbons (Fsp3) is 0.929. The van der Waals surface area contributed by atoms with Crippen LogP contribution in [-0.2, 0) is 0 Å². The van der Waals surface area contributed by atoms with Crippen LogP contribution in [0.25, 0.3) is 0 Å². The molecule has 0 N–H and O–H groups in total. The van der Waals surface area contributed by atoms with E-state index in [1.165, 1.54) is 64.2 Å². The third-order valence-electron chi connectivity index (χ3n) is 4.29. The van der Waals surface area contributed by atoms with E-state index in [1.807, 2.05) is 0 Å². The molecule has 1 heteroatoms. The molecule has 0 aliphatic heterocycles. The first kappa shape index (κ1) is 11.2. The van der Waals surface area contributed by atoms with Gasteiger partial charge in [0.25, 0.3) is 0 Å². The number of nitrogens with zero attached hydrogens (tertiary/aromatic N) is 1. The maximum absolute atomic E-state index is 2.72. The number of hydrogen-bond donors (Lipinski definition) is 0. The van der Waals surface area contributed by atoms with Crippen molar-refractivity contribution >= 4 is 6.21 Å². The first-order valence-corrected chi connectivity index (χ1v) is 6.98. The minimum absolute atomic E-state index is 0.881. The van der Waals surface area contributed by atoms with Crippen molar-refractivity contribution in [3.63, 3.8) is 0 Å². The van der Waals surface area contributed by atoms with Crippen molar-refractivity contribution in [1.82, 2.24) is 0 Å². The molecule has 0 aromatic heterocycles. The van der Waals surface area contributed by atoms with Gasteiger partial charge in [-0.25, -0.2) is 4.58 Å². The van der Waals surface area contributed by atoms with Gasteiger partial charge in [0.2, 0.25) is 0 Å². The van der Waals surface area contributed by atoms with Crippen LogP contribution in [-0.4, -0.2) is 22.9 Å². The Morgan fingerprint density at radius 2 is 1.13 bits per heavy atom. The van der Waals surface area contributed by atoms with Gasteiger partial charge in [0.15, 0.2) is 12.1 Å². The quantitative estimate of drug-likeness (QED) is 0.480. The topological polar surface area (TPSA) is 3.01 Å². The Morgan fingerprint density at radius 3 is 1.47 bits per heavy atom. The second kappa shape index (κ2) is 5.67. The van der Waals surface area contributed by atoms with E-state index in [2.05, 4.69) is 17.7 Å². The van der Waals surface area contributed by atoms with Gasteiger partial charge in [-0.2, -0.15) is 0 Å². The molecule has 2 aliphatic rings. The van der Waals surface area contributed by atoms with Gasteiger partial charge >= 0.3 is 0 Å². The third kappa shape index (κ3) is 2.83. The van der Waals surface area contributed by atoms with Gasteiger partial charge < -0.3 is 0 Å². The highest BCUT2D eigenvalue weighted by Gasteiger charge is 2.30. The summed E-state index contributed by atoms with van der Waals surface area (Å²) < 4.78 is 2.72. The van der Waals surface area contributed by atoms with Crippen molar-refractivity contribution in [3.05, 3.63) is 0 Å². The van der Waals surface area contributed by atoms with E-state index in [0.717, 1.165) is 12.1 Å². The van der Waals surface area contributed by atoms with Crippen molar-refractivity contribution < 1.29 is 4.58 Å². The lowest BCUT2D eigenvalue weighted by Gasteiger charge is -2.27. The molecule has 0 radical (unpaired) electrons. The Bertz CT molecular complexity index is 187. The fourth-order valence-electron chi connectivity index (χ4n) is 3.48. The maximum atomic E-state index is 2.72. The second-order valence-corrected chi connectivity index (χ2v) is 5.29. The highest BCUT2D eigenvalue weighted by molar-refractivity contribution is 5.47. The standard InChI is InChI=1S/C14H26N/c1-2-15(13-9-5-3-6-10-13)14-11-7-4-8-12-14/h2,13-14H,3-12H2,1H3/q+1. The van der Waals surface area contributed by atoms with Crippen LogP contribution in [0.3, 0.4) is 0 Å². The molecular formula is C14H26N+. The SMILES string of the molecule is CC=[N+](C1CCCCC1)C1CCCCC1. The van der Waals surface area contributed by atoms with Crippen molar-refractivity contribution in [2.24, 2.45) is 0 Å². The molecule has 15 heavy (non-hydrogen) atoms. The molecule has 2 fully saturated rings. The predicted octanol–water partition coefficient (Wildman–Crippen LogP) is 3.76. The maximum Gasteiger partial charge on any atom is 0.152 e. The third-order valence-corrected chi connectivity index (χ3v) is 4.29. The monoisotopic (exact) mass is 208 g/mol. The normalized spacial score (nSPS) is 25.1. The summed E-state index contributed by atoms with van der Waals surface area (Å²) in [5.74, 6) is 0. The summed E-state index contributed by atoms with van der Waals surface area (Å²) in [6, 6.07) is 1.76. The minimum atomic E-state index is 0.881. The van der Waals surface area contributed by atoms with Crippen LogP contribution in [0.5, 0.6) is 0 Å². The largest absolute Gasteiger partial charge is 0.235 e. The van der Waals surface area contributed by atoms with Crippen LogP contribution in [0.4, 0.5) is 0 Å². The van der Waals surface area contributed by atoms with E-state index in [9.17, 15) is 0 Å². The lowest BCUT2D eigenvalue weighted by Crippen LogP contribution is -2.38. The van der Waals surface area contributed by atoms with E-state index in [1.54, 1.807) is 0 Å². The van der Waals surface area contributed by atoms with E-state index in [4.69, 9.17) is 0 Å². The number of hydrogen-bond acceptors (Lipinski definition) is 0. The Hall–Kier alpha value is -0.330. The Kier molecular flexibility index (Phi) is 4.22. The predicted molar refractivity (Wildman–Crippen MR) is 65.7 cm³/mol. The Morgan fingerprint density at radius 1 is 0.733 bits per heavy atom. The zero-order valence-electron chi connectivity index (χ0n) is 10.3. The van der Waals surface area contributed by atoms with Crippen LogP contribution in [0.2, 0.25) is 0 Å². The molecule has 0 unspecified atom stereocenters. The van der Waals surface area contributed by atoms with Crippen molar-refractivity contribution in [2.45, 2.75) is 83.2 Å². The van der Waals surface area contributed by atoms with Crippen molar-refractivity contribution in [2.75, 3.05) is 0 Å². The molecule has 2 aliphatic carbocycles. The number of rotatable bonds is 2. The molecule has 2 rings (SSSR count). The molecular weight excluding hydrogens is 182 g/mol. The molecule has 0 heterocycles. The first-order chi connectivity index (χ1) is 7.42. The molecule has 2 saturated carbocycles. The summed E-state index contributed by atoms with van der Waals surface area (Å²) >= 11 is 0. The van der Waals surface area contributed by atoms with Crippen molar-refractivity contribution in [3.8, 4) is 0 Å². The molecule has 0 aromatic rings. The van der Waals surface area contributed by atoms with Crippen LogP contribution >= 0.6 is 0 Å². The molecule has 86 valence electrons. The molecule has 0 spiro atoms. The molecule has 0 aromatic carbocycles. The van der Waals surface area contributed by atoms with E-state index < -0.39 is 0 Å². The zero-order valence-corrected chi connectivity index (χ0v) is 10.3. The van der Waals surface area contributed by atoms with E-state index in [-0.39, 0.29) is 0 Å². The van der Waals surface area contributed by atoms with Gasteiger partial charge in [0, 0.05) is 32.6 Å². The van der Waals surface area contributed by atoms with Gasteiger partial charge in [-0.1, -0.05) is 12.8 Å². The van der Waals surface area contributed by atoms with Crippen LogP contribution < -0.4 is 0 Å². The lowest BCUT2D eigenvalue weighted by atomic mass is 9.90. The van der Waals surface area contributed by atoms with Gasteiger partial charge in [-0.05, 0) is 25.7 Å². The van der Waals surface area contributed by atoms with Gasteiger partial charge in [0.05, 0.1) is 0 Å². The summed E-state index contributed by atoms with van der Waals surface area (Å²) in [6.45, 7) is 2.24. The Labute approximate surface area is 94.6 Å². The molecule has 0 atom stereocenters. The summed E-state index contributed by atoms with van der Waals surface area (Å²) in [7, 11) is 0. The lowest BCUT2D eigenvalue weighted by molar-refractivity contribution is -0.604. The summed E-state index contributed by atoms with van der Waals surface area (Å²) in [4.78, 5) is 0. The second-order valence-electron chi connectivity index (χ2n) is 5.29. The average Bonchev–Trinajstić information content (AvgIpc) is 2.33. The average molecular weight is 208 g/mol. The summed E-state index contributed by atoms with van der Waals surface area (Å²) in [5.41, 5.74) is 0. The highest BCUT2D eigenvalue weighted by atomic mass is 15.1. The fourth-order valence-corrected chi connectivity index (χ4v) is 3.48.